The van der Waals surface area contributed by atoms with Crippen molar-refractivity contribution >= 4 is 19.8 Å². The van der Waals surface area contributed by atoms with Crippen LogP contribution in [0.15, 0.2) is 48.6 Å². The number of carbonyl (C=O) groups excluding carboxylic acids is 2. The van der Waals surface area contributed by atoms with Crippen molar-refractivity contribution in [3.05, 3.63) is 48.6 Å². The molecule has 0 radical (unpaired) electrons. The topological polar surface area (TPSA) is 108 Å². The maximum atomic E-state index is 12.7. The van der Waals surface area contributed by atoms with Gasteiger partial charge in [-0.15, -0.1) is 0 Å². The third-order valence-electron chi connectivity index (χ3n) is 10.6. The Morgan fingerprint density at radius 1 is 0.525 bits per heavy atom. The molecule has 61 heavy (non-hydrogen) atoms. The Morgan fingerprint density at radius 2 is 0.934 bits per heavy atom. The molecular weight excluding hydrogens is 786 g/mol. The highest BCUT2D eigenvalue weighted by Gasteiger charge is 2.27. The van der Waals surface area contributed by atoms with Gasteiger partial charge in [0.05, 0.1) is 27.7 Å². The van der Waals surface area contributed by atoms with E-state index in [0.717, 1.165) is 51.4 Å². The standard InChI is InChI=1S/C51H94NO8P/c1-6-8-10-12-14-16-18-20-22-23-24-25-26-27-28-30-32-34-36-38-40-42-44-51(54)60-49(48-59-61(55,56)58-46-45-52(3,4)5)47-57-50(53)43-41-39-37-35-33-31-29-21-19-17-15-13-11-9-7-2/h9,11,15,17,21,29,33,35,49H,6-8,10,12-14,16,18-20,22-28,30-32,34,36-48H2,1-5H3/p+1/b11-9+,17-15+,29-21+,35-33+/t49-/m1/s1. The predicted octanol–water partition coefficient (Wildman–Crippen LogP) is 14.6. The number of likely N-dealkylation sites (N-methyl/N-ethyl adjacent to an activating group) is 1. The van der Waals surface area contributed by atoms with Crippen LogP contribution < -0.4 is 0 Å². The number of rotatable bonds is 45. The zero-order valence-corrected chi connectivity index (χ0v) is 41.0. The van der Waals surface area contributed by atoms with Gasteiger partial charge in [-0.05, 0) is 51.4 Å². The van der Waals surface area contributed by atoms with Crippen molar-refractivity contribution in [3.8, 4) is 0 Å². The van der Waals surface area contributed by atoms with Crippen LogP contribution in [0.2, 0.25) is 0 Å². The summed E-state index contributed by atoms with van der Waals surface area (Å²) >= 11 is 0. The molecule has 0 amide bonds. The Labute approximate surface area is 375 Å². The van der Waals surface area contributed by atoms with Gasteiger partial charge in [-0.1, -0.05) is 197 Å². The molecule has 0 saturated carbocycles. The van der Waals surface area contributed by atoms with Crippen molar-refractivity contribution in [1.29, 1.82) is 0 Å². The SMILES string of the molecule is CC/C=C/C/C=C/C/C=C/C/C=C/CCCCC(=O)OC[C@H](COP(=O)(O)OCC[N+](C)(C)C)OC(=O)CCCCCCCCCCCCCCCCCCCCCCCC. The number of unbranched alkanes of at least 4 members (excludes halogenated alkanes) is 23. The maximum absolute atomic E-state index is 12.7. The molecule has 0 aromatic rings. The molecule has 0 aliphatic carbocycles. The minimum atomic E-state index is -4.39. The highest BCUT2D eigenvalue weighted by atomic mass is 31.2. The first-order chi connectivity index (χ1) is 29.5. The molecule has 0 saturated heterocycles. The van der Waals surface area contributed by atoms with Crippen LogP contribution in [0, 0.1) is 0 Å². The smallest absolute Gasteiger partial charge is 0.462 e. The number of phosphoric acid groups is 1. The molecule has 0 aromatic carbocycles. The Hall–Kier alpha value is -2.03. The minimum absolute atomic E-state index is 0.0249. The summed E-state index contributed by atoms with van der Waals surface area (Å²) in [6.07, 6.45) is 51.7. The average molecular weight is 881 g/mol. The van der Waals surface area contributed by atoms with E-state index in [2.05, 4.69) is 62.5 Å². The summed E-state index contributed by atoms with van der Waals surface area (Å²) in [6.45, 7) is 4.28. The zero-order chi connectivity index (χ0) is 45.0. The number of ether oxygens (including phenoxy) is 2. The minimum Gasteiger partial charge on any atom is -0.462 e. The second kappa shape index (κ2) is 43.2. The van der Waals surface area contributed by atoms with E-state index >= 15 is 0 Å². The predicted molar refractivity (Wildman–Crippen MR) is 257 cm³/mol. The molecule has 0 spiro atoms. The van der Waals surface area contributed by atoms with Gasteiger partial charge in [0.15, 0.2) is 6.10 Å². The molecule has 0 aliphatic heterocycles. The summed E-state index contributed by atoms with van der Waals surface area (Å²) in [5.41, 5.74) is 0. The van der Waals surface area contributed by atoms with E-state index in [0.29, 0.717) is 23.9 Å². The van der Waals surface area contributed by atoms with Gasteiger partial charge in [0, 0.05) is 12.8 Å². The fraction of sp³-hybridized carbons (Fsp3) is 0.804. The molecule has 356 valence electrons. The summed E-state index contributed by atoms with van der Waals surface area (Å²) in [6, 6.07) is 0. The van der Waals surface area contributed by atoms with Crippen molar-refractivity contribution in [1.82, 2.24) is 0 Å². The van der Waals surface area contributed by atoms with E-state index < -0.39 is 32.5 Å². The van der Waals surface area contributed by atoms with Gasteiger partial charge in [0.1, 0.15) is 19.8 Å². The lowest BCUT2D eigenvalue weighted by molar-refractivity contribution is -0.870. The average Bonchev–Trinajstić information content (AvgIpc) is 3.21. The van der Waals surface area contributed by atoms with E-state index in [1.54, 1.807) is 0 Å². The Morgan fingerprint density at radius 3 is 1.39 bits per heavy atom. The normalized spacial score (nSPS) is 13.9. The highest BCUT2D eigenvalue weighted by Crippen LogP contribution is 2.43. The van der Waals surface area contributed by atoms with E-state index in [1.807, 2.05) is 21.1 Å². The molecule has 0 aliphatic rings. The summed E-state index contributed by atoms with van der Waals surface area (Å²) in [5.74, 6) is -0.841. The number of quaternary nitrogens is 1. The molecular formula is C51H95NO8P+. The number of hydrogen-bond donors (Lipinski definition) is 1. The fourth-order valence-corrected chi connectivity index (χ4v) is 7.51. The highest BCUT2D eigenvalue weighted by molar-refractivity contribution is 7.47. The number of phosphoric ester groups is 1. The largest absolute Gasteiger partial charge is 0.472 e. The van der Waals surface area contributed by atoms with E-state index in [-0.39, 0.29) is 26.1 Å². The Bertz CT molecular complexity index is 1180. The van der Waals surface area contributed by atoms with Gasteiger partial charge in [0.2, 0.25) is 0 Å². The first kappa shape index (κ1) is 59.0. The summed E-state index contributed by atoms with van der Waals surface area (Å²) < 4.78 is 34.4. The summed E-state index contributed by atoms with van der Waals surface area (Å²) in [4.78, 5) is 35.5. The second-order valence-electron chi connectivity index (χ2n) is 17.8. The lowest BCUT2D eigenvalue weighted by atomic mass is 10.0. The van der Waals surface area contributed by atoms with Crippen LogP contribution in [0.1, 0.15) is 213 Å². The molecule has 10 heteroatoms. The second-order valence-corrected chi connectivity index (χ2v) is 19.3. The molecule has 0 fully saturated rings. The van der Waals surface area contributed by atoms with E-state index in [9.17, 15) is 19.0 Å². The fourth-order valence-electron chi connectivity index (χ4n) is 6.77. The van der Waals surface area contributed by atoms with Crippen LogP contribution >= 0.6 is 7.82 Å². The van der Waals surface area contributed by atoms with E-state index in [1.165, 1.54) is 122 Å². The van der Waals surface area contributed by atoms with Crippen molar-refractivity contribution in [2.45, 2.75) is 219 Å². The Kier molecular flexibility index (Phi) is 41.8. The van der Waals surface area contributed by atoms with Gasteiger partial charge in [-0.25, -0.2) is 4.57 Å². The quantitative estimate of drug-likeness (QED) is 0.0212. The van der Waals surface area contributed by atoms with Crippen LogP contribution in [0.25, 0.3) is 0 Å². The number of allylic oxidation sites excluding steroid dienone is 8. The monoisotopic (exact) mass is 881 g/mol. The molecule has 1 unspecified atom stereocenters. The third-order valence-corrected chi connectivity index (χ3v) is 11.6. The molecule has 2 atom stereocenters. The molecule has 1 N–H and O–H groups in total. The first-order valence-electron chi connectivity index (χ1n) is 24.9. The van der Waals surface area contributed by atoms with Crippen molar-refractivity contribution < 1.29 is 42.1 Å². The van der Waals surface area contributed by atoms with Crippen LogP contribution in [-0.4, -0.2) is 74.9 Å². The van der Waals surface area contributed by atoms with Crippen LogP contribution in [0.4, 0.5) is 0 Å². The molecule has 0 rings (SSSR count). The Balaban J connectivity index is 4.27. The molecule has 0 heterocycles. The molecule has 0 bridgehead atoms. The zero-order valence-electron chi connectivity index (χ0n) is 40.1. The molecule has 0 aromatic heterocycles. The first-order valence-corrected chi connectivity index (χ1v) is 26.4. The maximum Gasteiger partial charge on any atom is 0.472 e. The number of nitrogens with zero attached hydrogens (tertiary/aromatic N) is 1. The van der Waals surface area contributed by atoms with Crippen LogP contribution in [0.5, 0.6) is 0 Å². The van der Waals surface area contributed by atoms with Crippen molar-refractivity contribution in [2.24, 2.45) is 0 Å². The molecule has 9 nitrogen and oxygen atoms in total. The number of esters is 2. The lowest BCUT2D eigenvalue weighted by Gasteiger charge is -2.24. The summed E-state index contributed by atoms with van der Waals surface area (Å²) in [5, 5.41) is 0. The lowest BCUT2D eigenvalue weighted by Crippen LogP contribution is -2.37. The van der Waals surface area contributed by atoms with Crippen molar-refractivity contribution in [2.75, 3.05) is 47.5 Å². The van der Waals surface area contributed by atoms with Gasteiger partial charge < -0.3 is 18.9 Å². The van der Waals surface area contributed by atoms with Crippen molar-refractivity contribution in [3.63, 3.8) is 0 Å². The van der Waals surface area contributed by atoms with Gasteiger partial charge in [-0.2, -0.15) is 0 Å². The van der Waals surface area contributed by atoms with Crippen LogP contribution in [-0.2, 0) is 32.7 Å². The summed E-state index contributed by atoms with van der Waals surface area (Å²) in [7, 11) is 1.46. The van der Waals surface area contributed by atoms with Gasteiger partial charge in [0.25, 0.3) is 0 Å². The number of carbonyl (C=O) groups is 2. The van der Waals surface area contributed by atoms with Crippen LogP contribution in [0.3, 0.4) is 0 Å². The third kappa shape index (κ3) is 47.3. The van der Waals surface area contributed by atoms with Gasteiger partial charge >= 0.3 is 19.8 Å². The van der Waals surface area contributed by atoms with Gasteiger partial charge in [-0.3, -0.25) is 18.6 Å². The van der Waals surface area contributed by atoms with E-state index in [4.69, 9.17) is 18.5 Å². The number of hydrogen-bond acceptors (Lipinski definition) is 7.